The van der Waals surface area contributed by atoms with E-state index in [1.807, 2.05) is 5.32 Å². The third-order valence-electron chi connectivity index (χ3n) is 5.06. The first-order valence-electron chi connectivity index (χ1n) is 10.6. The van der Waals surface area contributed by atoms with Crippen molar-refractivity contribution in [1.82, 2.24) is 24.3 Å². The molecule has 0 unspecified atom stereocenters. The van der Waals surface area contributed by atoms with Crippen molar-refractivity contribution in [1.29, 1.82) is 5.26 Å². The summed E-state index contributed by atoms with van der Waals surface area (Å²) in [6.45, 7) is 1.38. The van der Waals surface area contributed by atoms with Gasteiger partial charge >= 0.3 is 11.9 Å². The van der Waals surface area contributed by atoms with Gasteiger partial charge in [-0.2, -0.15) is 28.1 Å². The molecule has 0 radical (unpaired) electrons. The van der Waals surface area contributed by atoms with Crippen molar-refractivity contribution in [2.75, 3.05) is 12.4 Å². The molecule has 3 aromatic rings. The summed E-state index contributed by atoms with van der Waals surface area (Å²) >= 11 is 0. The Hall–Kier alpha value is -4.59. The highest BCUT2D eigenvalue weighted by Crippen LogP contribution is 2.30. The molecule has 0 saturated carbocycles. The summed E-state index contributed by atoms with van der Waals surface area (Å²) in [5.41, 5.74) is -3.24. The fourth-order valence-corrected chi connectivity index (χ4v) is 3.14. The number of aliphatic hydroxyl groups is 1. The van der Waals surface area contributed by atoms with Crippen LogP contribution >= 0.6 is 0 Å². The second-order valence-electron chi connectivity index (χ2n) is 7.39. The molecule has 0 spiro atoms. The van der Waals surface area contributed by atoms with Crippen molar-refractivity contribution in [3.63, 3.8) is 0 Å². The maximum Gasteiger partial charge on any atom is 0.425 e. The maximum absolute atomic E-state index is 15.1. The fourth-order valence-electron chi connectivity index (χ4n) is 3.14. The average molecular weight is 543 g/mol. The average Bonchev–Trinajstić information content (AvgIpc) is 3.19. The van der Waals surface area contributed by atoms with Crippen molar-refractivity contribution in [2.24, 2.45) is 0 Å². The van der Waals surface area contributed by atoms with Crippen molar-refractivity contribution < 1.29 is 41.3 Å². The zero-order valence-corrected chi connectivity index (χ0v) is 19.8. The van der Waals surface area contributed by atoms with E-state index in [1.165, 1.54) is 6.92 Å². The Morgan fingerprint density at radius 2 is 1.97 bits per heavy atom. The number of nitrogens with one attached hydrogen (secondary N) is 1. The van der Waals surface area contributed by atoms with Crippen molar-refractivity contribution in [3.8, 4) is 23.6 Å². The van der Waals surface area contributed by atoms with Crippen LogP contribution in [0.5, 0.6) is 11.8 Å². The lowest BCUT2D eigenvalue weighted by atomic mass is 10.2. The molecule has 12 nitrogen and oxygen atoms in total. The first-order chi connectivity index (χ1) is 17.9. The molecule has 3 aromatic heterocycles. The molecule has 38 heavy (non-hydrogen) atoms. The number of hydrogen-bond acceptors (Lipinski definition) is 9. The lowest BCUT2D eigenvalue weighted by Gasteiger charge is -2.19. The summed E-state index contributed by atoms with van der Waals surface area (Å²) in [5, 5.41) is 24.4. The van der Waals surface area contributed by atoms with E-state index in [2.05, 4.69) is 15.1 Å². The lowest BCUT2D eigenvalue weighted by Crippen LogP contribution is -2.33. The molecular weight excluding hydrogens is 525 g/mol. The SMILES string of the molecule is CCn1c(CO)nn(-c2nc(O[C@@H](C)C(F)(F)F)c(C(=O)Nc3c(F)cnc(OC)c3C#N)cc2F)c1=O. The fraction of sp³-hybridized carbons (Fsp3) is 0.333. The summed E-state index contributed by atoms with van der Waals surface area (Å²) in [4.78, 5) is 32.7. The van der Waals surface area contributed by atoms with Gasteiger partial charge < -0.3 is 19.9 Å². The molecule has 202 valence electrons. The van der Waals surface area contributed by atoms with Crippen LogP contribution in [0.4, 0.5) is 27.6 Å². The standard InChI is InChI=1S/C21H18F5N7O5/c1-4-32-14(8-34)31-33(20(32)36)16-12(22)5-10(19(30-16)38-9(2)21(24,25)26)17(35)29-15-11(6-27)18(37-3)28-7-13(15)23/h5,7,9,34H,4,8H2,1-3H3,(H,28,29,35)/t9-/m0/s1. The Kier molecular flexibility index (Phi) is 7.96. The van der Waals surface area contributed by atoms with E-state index in [0.29, 0.717) is 23.9 Å². The number of pyridine rings is 2. The van der Waals surface area contributed by atoms with Crippen molar-refractivity contribution in [2.45, 2.75) is 39.3 Å². The van der Waals surface area contributed by atoms with Crippen LogP contribution in [0.3, 0.4) is 0 Å². The predicted octanol–water partition coefficient (Wildman–Crippen LogP) is 2.08. The second-order valence-corrected chi connectivity index (χ2v) is 7.39. The van der Waals surface area contributed by atoms with Gasteiger partial charge in [0, 0.05) is 6.54 Å². The van der Waals surface area contributed by atoms with Crippen LogP contribution in [-0.4, -0.2) is 54.7 Å². The third-order valence-corrected chi connectivity index (χ3v) is 5.06. The predicted molar refractivity (Wildman–Crippen MR) is 117 cm³/mol. The summed E-state index contributed by atoms with van der Waals surface area (Å²) in [7, 11) is 1.11. The van der Waals surface area contributed by atoms with Gasteiger partial charge in [0.25, 0.3) is 5.91 Å². The lowest BCUT2D eigenvalue weighted by molar-refractivity contribution is -0.190. The number of carbonyl (C=O) groups excluding carboxylic acids is 1. The zero-order chi connectivity index (χ0) is 28.4. The van der Waals surface area contributed by atoms with Crippen LogP contribution in [0, 0.1) is 23.0 Å². The van der Waals surface area contributed by atoms with Gasteiger partial charge in [0.1, 0.15) is 29.5 Å². The van der Waals surface area contributed by atoms with Gasteiger partial charge in [-0.25, -0.2) is 18.6 Å². The minimum atomic E-state index is -4.95. The van der Waals surface area contributed by atoms with E-state index >= 15 is 4.39 Å². The number of anilines is 1. The van der Waals surface area contributed by atoms with Crippen LogP contribution in [0.2, 0.25) is 0 Å². The van der Waals surface area contributed by atoms with E-state index in [9.17, 15) is 37.5 Å². The molecule has 0 saturated heterocycles. The molecule has 1 amide bonds. The third kappa shape index (κ3) is 5.25. The molecule has 17 heteroatoms. The number of aliphatic hydroxyl groups excluding tert-OH is 1. The van der Waals surface area contributed by atoms with Crippen LogP contribution in [0.15, 0.2) is 17.1 Å². The van der Waals surface area contributed by atoms with E-state index < -0.39 is 70.6 Å². The van der Waals surface area contributed by atoms with Gasteiger partial charge in [-0.15, -0.1) is 5.10 Å². The second kappa shape index (κ2) is 10.8. The number of rotatable bonds is 8. The monoisotopic (exact) mass is 543 g/mol. The highest BCUT2D eigenvalue weighted by molar-refractivity contribution is 6.06. The summed E-state index contributed by atoms with van der Waals surface area (Å²) in [5.74, 6) is -6.63. The van der Waals surface area contributed by atoms with Gasteiger partial charge in [0.2, 0.25) is 11.8 Å². The Labute approximate surface area is 209 Å². The van der Waals surface area contributed by atoms with E-state index in [1.54, 1.807) is 6.07 Å². The summed E-state index contributed by atoms with van der Waals surface area (Å²) < 4.78 is 80.1. The molecule has 0 aliphatic carbocycles. The number of ether oxygens (including phenoxy) is 2. The number of halogens is 5. The number of amides is 1. The quantitative estimate of drug-likeness (QED) is 0.406. The molecule has 2 N–H and O–H groups in total. The highest BCUT2D eigenvalue weighted by Gasteiger charge is 2.39. The maximum atomic E-state index is 15.1. The number of carbonyl (C=O) groups is 1. The molecular formula is C21H18F5N7O5. The molecule has 3 heterocycles. The Balaban J connectivity index is 2.19. The molecule has 1 atom stereocenters. The Bertz CT molecular complexity index is 1480. The minimum absolute atomic E-state index is 0.00743. The van der Waals surface area contributed by atoms with Crippen LogP contribution < -0.4 is 20.5 Å². The molecule has 3 rings (SSSR count). The summed E-state index contributed by atoms with van der Waals surface area (Å²) in [6.07, 6.45) is -6.91. The summed E-state index contributed by atoms with van der Waals surface area (Å²) in [6, 6.07) is 1.96. The van der Waals surface area contributed by atoms with Gasteiger partial charge in [0.05, 0.1) is 13.3 Å². The molecule has 0 bridgehead atoms. The van der Waals surface area contributed by atoms with Crippen LogP contribution in [0.1, 0.15) is 35.6 Å². The van der Waals surface area contributed by atoms with E-state index in [0.717, 1.165) is 11.7 Å². The van der Waals surface area contributed by atoms with E-state index in [4.69, 9.17) is 9.47 Å². The normalized spacial score (nSPS) is 12.1. The Morgan fingerprint density at radius 3 is 2.50 bits per heavy atom. The van der Waals surface area contributed by atoms with Gasteiger partial charge in [-0.1, -0.05) is 0 Å². The topological polar surface area (TPSA) is 157 Å². The van der Waals surface area contributed by atoms with Crippen LogP contribution in [0.25, 0.3) is 5.82 Å². The van der Waals surface area contributed by atoms with Gasteiger partial charge in [0.15, 0.2) is 29.4 Å². The number of nitrogens with zero attached hydrogens (tertiary/aromatic N) is 6. The number of alkyl halides is 3. The minimum Gasteiger partial charge on any atom is -0.480 e. The number of methoxy groups -OCH3 is 1. The number of nitriles is 1. The van der Waals surface area contributed by atoms with Gasteiger partial charge in [-0.3, -0.25) is 9.36 Å². The van der Waals surface area contributed by atoms with E-state index in [-0.39, 0.29) is 18.2 Å². The molecule has 0 aromatic carbocycles. The smallest absolute Gasteiger partial charge is 0.425 e. The molecule has 0 aliphatic rings. The van der Waals surface area contributed by atoms with Crippen molar-refractivity contribution in [3.05, 3.63) is 51.3 Å². The number of aromatic nitrogens is 5. The zero-order valence-electron chi connectivity index (χ0n) is 19.8. The van der Waals surface area contributed by atoms with Crippen molar-refractivity contribution >= 4 is 11.6 Å². The number of hydrogen-bond donors (Lipinski definition) is 2. The first-order valence-corrected chi connectivity index (χ1v) is 10.6. The van der Waals surface area contributed by atoms with Gasteiger partial charge in [-0.05, 0) is 19.9 Å². The highest BCUT2D eigenvalue weighted by atomic mass is 19.4. The largest absolute Gasteiger partial charge is 0.480 e. The Morgan fingerprint density at radius 1 is 1.29 bits per heavy atom. The van der Waals surface area contributed by atoms with Crippen LogP contribution in [-0.2, 0) is 13.2 Å². The molecule has 0 fully saturated rings. The molecule has 0 aliphatic heterocycles. The first kappa shape index (κ1) is 28.0.